The number of carbonyl (C=O) groups excluding carboxylic acids is 2. The molecule has 0 aromatic heterocycles. The Hall–Kier alpha value is -2.66. The zero-order chi connectivity index (χ0) is 42.1. The smallest absolute Gasteiger partial charge is 0.306 e. The molecule has 1 N–H and O–H groups in total. The molecule has 0 aliphatic carbocycles. The molecular weight excluding hydrogens is 717 g/mol. The largest absolute Gasteiger partial charge is 0.462 e. The highest BCUT2D eigenvalue weighted by Gasteiger charge is 2.16. The fourth-order valence-electron chi connectivity index (χ4n) is 6.81. The quantitative estimate of drug-likeness (QED) is 0.0377. The minimum Gasteiger partial charge on any atom is -0.462 e. The van der Waals surface area contributed by atoms with Gasteiger partial charge in [-0.2, -0.15) is 0 Å². The van der Waals surface area contributed by atoms with E-state index in [1.807, 2.05) is 0 Å². The Balaban J connectivity index is 3.49. The maximum atomic E-state index is 12.2. The lowest BCUT2D eigenvalue weighted by molar-refractivity contribution is -0.161. The zero-order valence-electron chi connectivity index (χ0n) is 38.0. The van der Waals surface area contributed by atoms with Crippen LogP contribution in [0.2, 0.25) is 0 Å². The summed E-state index contributed by atoms with van der Waals surface area (Å²) in [6.07, 6.45) is 65.8. The number of aliphatic hydroxyl groups excluding tert-OH is 1. The molecule has 5 heteroatoms. The van der Waals surface area contributed by atoms with E-state index >= 15 is 0 Å². The summed E-state index contributed by atoms with van der Waals surface area (Å²) >= 11 is 0. The highest BCUT2D eigenvalue weighted by Crippen LogP contribution is 2.15. The van der Waals surface area contributed by atoms with Gasteiger partial charge in [0, 0.05) is 12.8 Å². The number of hydrogen-bond acceptors (Lipinski definition) is 5. The normalized spacial score (nSPS) is 12.8. The monoisotopic (exact) mass is 809 g/mol. The number of hydrogen-bond donors (Lipinski definition) is 1. The van der Waals surface area contributed by atoms with Crippen molar-refractivity contribution in [3.63, 3.8) is 0 Å². The van der Waals surface area contributed by atoms with Gasteiger partial charge in [0.2, 0.25) is 0 Å². The van der Waals surface area contributed by atoms with Crippen LogP contribution >= 0.6 is 0 Å². The molecule has 0 amide bonds. The van der Waals surface area contributed by atoms with Gasteiger partial charge >= 0.3 is 11.9 Å². The Labute approximate surface area is 359 Å². The van der Waals surface area contributed by atoms with E-state index < -0.39 is 6.10 Å². The van der Waals surface area contributed by atoms with Crippen LogP contribution in [0, 0.1) is 0 Å². The molecular formula is C53H92O5. The van der Waals surface area contributed by atoms with Crippen LogP contribution in [0.5, 0.6) is 0 Å². The minimum absolute atomic E-state index is 0.0826. The van der Waals surface area contributed by atoms with Gasteiger partial charge in [0.15, 0.2) is 6.10 Å². The van der Waals surface area contributed by atoms with Gasteiger partial charge in [-0.25, -0.2) is 0 Å². The molecule has 0 saturated carbocycles. The Bertz CT molecular complexity index is 1050. The average Bonchev–Trinajstić information content (AvgIpc) is 3.23. The van der Waals surface area contributed by atoms with Gasteiger partial charge < -0.3 is 14.6 Å². The van der Waals surface area contributed by atoms with Crippen molar-refractivity contribution in [3.05, 3.63) is 72.9 Å². The van der Waals surface area contributed by atoms with E-state index in [1.54, 1.807) is 0 Å². The number of esters is 2. The fourth-order valence-corrected chi connectivity index (χ4v) is 6.81. The van der Waals surface area contributed by atoms with Crippen molar-refractivity contribution in [2.45, 2.75) is 238 Å². The molecule has 0 spiro atoms. The third-order valence-corrected chi connectivity index (χ3v) is 10.5. The number of unbranched alkanes of at least 4 members (excludes halogenated alkanes) is 24. The Morgan fingerprint density at radius 1 is 0.414 bits per heavy atom. The lowest BCUT2D eigenvalue weighted by Crippen LogP contribution is -2.28. The fraction of sp³-hybridized carbons (Fsp3) is 0.736. The highest BCUT2D eigenvalue weighted by atomic mass is 16.6. The summed E-state index contributed by atoms with van der Waals surface area (Å²) in [5, 5.41) is 9.59. The van der Waals surface area contributed by atoms with Gasteiger partial charge in [-0.3, -0.25) is 9.59 Å². The molecule has 0 aliphatic heterocycles. The summed E-state index contributed by atoms with van der Waals surface area (Å²) in [5.74, 6) is -0.624. The van der Waals surface area contributed by atoms with Crippen LogP contribution in [0.3, 0.4) is 0 Å². The zero-order valence-corrected chi connectivity index (χ0v) is 38.0. The van der Waals surface area contributed by atoms with Crippen LogP contribution in [0.1, 0.15) is 232 Å². The molecule has 0 rings (SSSR count). The van der Waals surface area contributed by atoms with E-state index in [-0.39, 0.29) is 25.2 Å². The molecule has 0 saturated heterocycles. The summed E-state index contributed by atoms with van der Waals surface area (Å²) in [5.41, 5.74) is 0. The predicted octanol–water partition coefficient (Wildman–Crippen LogP) is 16.1. The number of carbonyl (C=O) groups is 2. The van der Waals surface area contributed by atoms with Crippen LogP contribution in [-0.2, 0) is 19.1 Å². The first-order valence-corrected chi connectivity index (χ1v) is 24.5. The topological polar surface area (TPSA) is 72.8 Å². The van der Waals surface area contributed by atoms with Gasteiger partial charge in [-0.1, -0.05) is 209 Å². The van der Waals surface area contributed by atoms with E-state index in [0.717, 1.165) is 77.0 Å². The van der Waals surface area contributed by atoms with Crippen molar-refractivity contribution in [1.29, 1.82) is 0 Å². The van der Waals surface area contributed by atoms with E-state index in [2.05, 4.69) is 86.8 Å². The molecule has 1 unspecified atom stereocenters. The molecule has 0 aromatic rings. The van der Waals surface area contributed by atoms with Gasteiger partial charge in [0.1, 0.15) is 6.61 Å². The number of allylic oxidation sites excluding steroid dienone is 12. The first-order chi connectivity index (χ1) is 28.6. The number of rotatable bonds is 44. The third-order valence-electron chi connectivity index (χ3n) is 10.5. The summed E-state index contributed by atoms with van der Waals surface area (Å²) in [4.78, 5) is 24.3. The molecule has 334 valence electrons. The Kier molecular flexibility index (Phi) is 46.5. The molecule has 0 aliphatic rings. The summed E-state index contributed by atoms with van der Waals surface area (Å²) in [7, 11) is 0. The molecule has 0 radical (unpaired) electrons. The van der Waals surface area contributed by atoms with E-state index in [0.29, 0.717) is 12.8 Å². The van der Waals surface area contributed by atoms with Gasteiger partial charge in [-0.15, -0.1) is 0 Å². The lowest BCUT2D eigenvalue weighted by Gasteiger charge is -2.15. The molecule has 0 aromatic carbocycles. The van der Waals surface area contributed by atoms with E-state index in [4.69, 9.17) is 9.47 Å². The first kappa shape index (κ1) is 55.3. The lowest BCUT2D eigenvalue weighted by atomic mass is 10.0. The minimum atomic E-state index is -0.786. The number of aliphatic hydroxyl groups is 1. The van der Waals surface area contributed by atoms with Crippen molar-refractivity contribution in [2.75, 3.05) is 13.2 Å². The average molecular weight is 809 g/mol. The van der Waals surface area contributed by atoms with Gasteiger partial charge in [-0.05, 0) is 83.5 Å². The van der Waals surface area contributed by atoms with E-state index in [1.165, 1.54) is 128 Å². The maximum Gasteiger partial charge on any atom is 0.306 e. The Morgan fingerprint density at radius 2 is 0.741 bits per heavy atom. The standard InChI is InChI=1S/C53H92O5/c1-3-5-7-9-11-13-15-17-18-19-20-21-22-23-24-25-26-27-28-29-30-31-32-33-34-36-38-40-42-44-46-48-53(56)58-51(49-54)50-57-52(55)47-45-43-41-39-37-35-16-14-12-10-8-6-4-2/h6,8,12,14-15,17,19-20,22-23,35,37,51,54H,3-5,7,9-11,13,16,18,21,24-34,36,38-50H2,1-2H3/b8-6-,14-12-,17-15-,20-19-,23-22-,37-35-. The van der Waals surface area contributed by atoms with Crippen LogP contribution in [0.4, 0.5) is 0 Å². The molecule has 58 heavy (non-hydrogen) atoms. The van der Waals surface area contributed by atoms with Crippen LogP contribution in [-0.4, -0.2) is 36.4 Å². The molecule has 0 heterocycles. The van der Waals surface area contributed by atoms with Crippen LogP contribution in [0.25, 0.3) is 0 Å². The van der Waals surface area contributed by atoms with Gasteiger partial charge in [0.25, 0.3) is 0 Å². The van der Waals surface area contributed by atoms with Crippen molar-refractivity contribution in [2.24, 2.45) is 0 Å². The second kappa shape index (κ2) is 48.7. The maximum absolute atomic E-state index is 12.2. The van der Waals surface area contributed by atoms with Crippen LogP contribution in [0.15, 0.2) is 72.9 Å². The second-order valence-corrected chi connectivity index (χ2v) is 16.2. The second-order valence-electron chi connectivity index (χ2n) is 16.2. The Morgan fingerprint density at radius 3 is 1.14 bits per heavy atom. The van der Waals surface area contributed by atoms with Crippen molar-refractivity contribution in [3.8, 4) is 0 Å². The van der Waals surface area contributed by atoms with Crippen molar-refractivity contribution >= 4 is 11.9 Å². The number of ether oxygens (including phenoxy) is 2. The van der Waals surface area contributed by atoms with Crippen molar-refractivity contribution in [1.82, 2.24) is 0 Å². The molecule has 1 atom stereocenters. The molecule has 5 nitrogen and oxygen atoms in total. The SMILES string of the molecule is CC/C=C\C/C=C\C/C=C\CCCCCC(=O)OCC(CO)OC(=O)CCCCCCCCCCCCCCCCCC/C=C\C/C=C\C/C=C\CCCCCCC. The van der Waals surface area contributed by atoms with E-state index in [9.17, 15) is 14.7 Å². The van der Waals surface area contributed by atoms with Crippen LogP contribution < -0.4 is 0 Å². The highest BCUT2D eigenvalue weighted by molar-refractivity contribution is 5.70. The molecule has 0 bridgehead atoms. The summed E-state index contributed by atoms with van der Waals surface area (Å²) < 4.78 is 10.6. The predicted molar refractivity (Wildman–Crippen MR) is 251 cm³/mol. The summed E-state index contributed by atoms with van der Waals surface area (Å²) in [6, 6.07) is 0. The third kappa shape index (κ3) is 46.0. The van der Waals surface area contributed by atoms with Gasteiger partial charge in [0.05, 0.1) is 6.61 Å². The van der Waals surface area contributed by atoms with Crippen molar-refractivity contribution < 1.29 is 24.2 Å². The molecule has 0 fully saturated rings. The first-order valence-electron chi connectivity index (χ1n) is 24.5. The summed E-state index contributed by atoms with van der Waals surface area (Å²) in [6.45, 7) is 3.99.